The highest BCUT2D eigenvalue weighted by Gasteiger charge is 2.60. The van der Waals surface area contributed by atoms with Gasteiger partial charge in [-0.2, -0.15) is 0 Å². The Hall–Kier alpha value is -1.13. The summed E-state index contributed by atoms with van der Waals surface area (Å²) in [4.78, 5) is 11.1. The number of rotatable bonds is 6. The van der Waals surface area contributed by atoms with E-state index in [9.17, 15) is 40.5 Å². The summed E-state index contributed by atoms with van der Waals surface area (Å²) >= 11 is 0. The molecule has 9 atom stereocenters. The number of hydrogen-bond acceptors (Lipinski definition) is 12. The summed E-state index contributed by atoms with van der Waals surface area (Å²) in [5, 5.41) is 67.8. The quantitative estimate of drug-likeness (QED) is 0.215. The van der Waals surface area contributed by atoms with Crippen molar-refractivity contribution in [2.24, 2.45) is 5.73 Å². The van der Waals surface area contributed by atoms with Gasteiger partial charge in [-0.25, -0.2) is 4.79 Å². The van der Waals surface area contributed by atoms with Crippen molar-refractivity contribution in [3.63, 3.8) is 0 Å². The third-order valence-electron chi connectivity index (χ3n) is 4.28. The first-order valence-corrected chi connectivity index (χ1v) is 7.72. The van der Waals surface area contributed by atoms with Crippen LogP contribution in [0.25, 0.3) is 0 Å². The maximum absolute atomic E-state index is 11.1. The molecule has 152 valence electrons. The number of amides is 1. The number of primary amides is 1. The first-order valence-electron chi connectivity index (χ1n) is 7.72. The zero-order valence-corrected chi connectivity index (χ0v) is 13.5. The predicted molar refractivity (Wildman–Crippen MR) is 77.1 cm³/mol. The minimum atomic E-state index is -2.31. The molecule has 0 unspecified atom stereocenters. The molecule has 13 heteroatoms. The maximum Gasteiger partial charge on any atom is 0.405 e. The van der Waals surface area contributed by atoms with E-state index in [0.29, 0.717) is 0 Å². The lowest BCUT2D eigenvalue weighted by molar-refractivity contribution is -0.383. The molecule has 0 aromatic carbocycles. The summed E-state index contributed by atoms with van der Waals surface area (Å²) in [6, 6.07) is 0. The van der Waals surface area contributed by atoms with Crippen molar-refractivity contribution in [1.29, 1.82) is 0 Å². The van der Waals surface area contributed by atoms with E-state index in [2.05, 4.69) is 0 Å². The summed E-state index contributed by atoms with van der Waals surface area (Å²) in [5.74, 6) is -2.31. The van der Waals surface area contributed by atoms with Gasteiger partial charge in [0.15, 0.2) is 12.4 Å². The highest BCUT2D eigenvalue weighted by Crippen LogP contribution is 2.37. The molecule has 0 aliphatic carbocycles. The second kappa shape index (κ2) is 8.26. The fourth-order valence-electron chi connectivity index (χ4n) is 2.90. The highest BCUT2D eigenvalue weighted by molar-refractivity contribution is 5.65. The maximum atomic E-state index is 11.1. The number of carbonyl (C=O) groups is 1. The molecule has 0 aromatic heterocycles. The molecule has 2 aliphatic rings. The lowest BCUT2D eigenvalue weighted by atomic mass is 9.99. The van der Waals surface area contributed by atoms with Crippen molar-refractivity contribution in [2.75, 3.05) is 19.8 Å². The van der Waals surface area contributed by atoms with Crippen LogP contribution in [0.4, 0.5) is 4.79 Å². The van der Waals surface area contributed by atoms with Gasteiger partial charge in [-0.3, -0.25) is 0 Å². The molecule has 0 radical (unpaired) electrons. The van der Waals surface area contributed by atoms with Crippen LogP contribution in [0.1, 0.15) is 0 Å². The highest BCUT2D eigenvalue weighted by atomic mass is 16.8. The fourth-order valence-corrected chi connectivity index (χ4v) is 2.90. The second-order valence-corrected chi connectivity index (χ2v) is 5.97. The molecule has 2 heterocycles. The zero-order chi connectivity index (χ0) is 19.6. The number of aliphatic hydroxyl groups is 7. The summed E-state index contributed by atoms with van der Waals surface area (Å²) in [6.07, 6.45) is -14.4. The minimum Gasteiger partial charge on any atom is -0.438 e. The lowest BCUT2D eigenvalue weighted by Gasteiger charge is -2.43. The molecule has 2 rings (SSSR count). The molecule has 0 aromatic rings. The first-order chi connectivity index (χ1) is 12.2. The number of nitrogens with two attached hydrogens (primary N) is 1. The van der Waals surface area contributed by atoms with Gasteiger partial charge < -0.3 is 60.4 Å². The Kier molecular flexibility index (Phi) is 6.73. The van der Waals surface area contributed by atoms with Crippen molar-refractivity contribution in [2.45, 2.75) is 54.8 Å². The second-order valence-electron chi connectivity index (χ2n) is 5.97. The van der Waals surface area contributed by atoms with Crippen molar-refractivity contribution in [1.82, 2.24) is 0 Å². The van der Waals surface area contributed by atoms with Gasteiger partial charge in [-0.15, -0.1) is 0 Å². The molecule has 9 N–H and O–H groups in total. The topological polar surface area (TPSA) is 222 Å². The van der Waals surface area contributed by atoms with E-state index < -0.39 is 80.7 Å². The molecule has 26 heavy (non-hydrogen) atoms. The van der Waals surface area contributed by atoms with Crippen LogP contribution in [0.15, 0.2) is 0 Å². The molecule has 0 bridgehead atoms. The molecule has 1 amide bonds. The summed E-state index contributed by atoms with van der Waals surface area (Å²) in [6.45, 7) is -2.51. The number of ether oxygens (including phenoxy) is 4. The summed E-state index contributed by atoms with van der Waals surface area (Å²) in [5.41, 5.74) is 4.93. The van der Waals surface area contributed by atoms with E-state index in [4.69, 9.17) is 24.7 Å². The molecular formula is C13H23NO12. The van der Waals surface area contributed by atoms with E-state index >= 15 is 0 Å². The molecule has 2 saturated heterocycles. The summed E-state index contributed by atoms with van der Waals surface area (Å²) < 4.78 is 20.4. The van der Waals surface area contributed by atoms with Gasteiger partial charge >= 0.3 is 6.09 Å². The van der Waals surface area contributed by atoms with Crippen molar-refractivity contribution < 1.29 is 59.5 Å². The summed E-state index contributed by atoms with van der Waals surface area (Å²) in [7, 11) is 0. The van der Waals surface area contributed by atoms with E-state index in [1.54, 1.807) is 0 Å². The van der Waals surface area contributed by atoms with Crippen LogP contribution >= 0.6 is 0 Å². The van der Waals surface area contributed by atoms with Crippen LogP contribution in [0, 0.1) is 0 Å². The van der Waals surface area contributed by atoms with E-state index in [1.807, 2.05) is 0 Å². The average molecular weight is 385 g/mol. The monoisotopic (exact) mass is 385 g/mol. The minimum absolute atomic E-state index is 0.735. The Morgan fingerprint density at radius 2 is 1.58 bits per heavy atom. The van der Waals surface area contributed by atoms with Gasteiger partial charge in [0, 0.05) is 0 Å². The Morgan fingerprint density at radius 1 is 0.962 bits per heavy atom. The standard InChI is InChI=1S/C13H23NO12/c14-12(22)24-10-7(19)5(2-16)25-13(10,3-17)26-11-9(21)8(20)6(18)4(1-15)23-11/h4-11,15-21H,1-3H2,(H2,14,22)/t4-,5-,6-,7-,8+,9-,10+,11-,13+/m1/s1. The predicted octanol–water partition coefficient (Wildman–Crippen LogP) is -5.29. The Labute approximate surface area is 147 Å². The normalized spacial score (nSPS) is 46.3. The lowest BCUT2D eigenvalue weighted by Crippen LogP contribution is -2.63. The third kappa shape index (κ3) is 3.77. The van der Waals surface area contributed by atoms with Crippen LogP contribution in [0.5, 0.6) is 0 Å². The third-order valence-corrected chi connectivity index (χ3v) is 4.28. The molecular weight excluding hydrogens is 362 g/mol. The largest absolute Gasteiger partial charge is 0.438 e. The van der Waals surface area contributed by atoms with E-state index in [-0.39, 0.29) is 0 Å². The van der Waals surface area contributed by atoms with Gasteiger partial charge in [0.05, 0.1) is 13.2 Å². The van der Waals surface area contributed by atoms with Crippen LogP contribution in [0.3, 0.4) is 0 Å². The zero-order valence-electron chi connectivity index (χ0n) is 13.5. The average Bonchev–Trinajstić information content (AvgIpc) is 2.87. The Balaban J connectivity index is 2.28. The van der Waals surface area contributed by atoms with Crippen LogP contribution in [-0.4, -0.2) is 116 Å². The molecule has 2 aliphatic heterocycles. The molecule has 2 fully saturated rings. The van der Waals surface area contributed by atoms with E-state index in [0.717, 1.165) is 0 Å². The van der Waals surface area contributed by atoms with Crippen molar-refractivity contribution >= 4 is 6.09 Å². The van der Waals surface area contributed by atoms with Crippen LogP contribution in [-0.2, 0) is 18.9 Å². The van der Waals surface area contributed by atoms with Gasteiger partial charge in [-0.05, 0) is 0 Å². The Bertz CT molecular complexity index is 492. The smallest absolute Gasteiger partial charge is 0.405 e. The number of hydrogen-bond donors (Lipinski definition) is 8. The van der Waals surface area contributed by atoms with Crippen LogP contribution in [0.2, 0.25) is 0 Å². The van der Waals surface area contributed by atoms with Gasteiger partial charge in [-0.1, -0.05) is 0 Å². The van der Waals surface area contributed by atoms with Crippen molar-refractivity contribution in [3.05, 3.63) is 0 Å². The molecule has 0 saturated carbocycles. The number of aliphatic hydroxyl groups excluding tert-OH is 7. The van der Waals surface area contributed by atoms with Gasteiger partial charge in [0.25, 0.3) is 0 Å². The van der Waals surface area contributed by atoms with E-state index in [1.165, 1.54) is 0 Å². The molecule has 13 nitrogen and oxygen atoms in total. The molecule has 0 spiro atoms. The fraction of sp³-hybridized carbons (Fsp3) is 0.923. The first kappa shape index (κ1) is 21.2. The van der Waals surface area contributed by atoms with Crippen molar-refractivity contribution in [3.8, 4) is 0 Å². The SMILES string of the molecule is NC(=O)O[C@H]1[C@H](O)[C@@H](CO)O[C@@]1(CO)O[C@H]1O[C@H](CO)[C@@H](O)[C@H](O)[C@H]1O. The number of carbonyl (C=O) groups excluding carboxylic acids is 1. The van der Waals surface area contributed by atoms with Gasteiger partial charge in [0.2, 0.25) is 5.79 Å². The van der Waals surface area contributed by atoms with Crippen LogP contribution < -0.4 is 5.73 Å². The Morgan fingerprint density at radius 3 is 2.08 bits per heavy atom. The van der Waals surface area contributed by atoms with Gasteiger partial charge in [0.1, 0.15) is 43.2 Å².